The zero-order valence-electron chi connectivity index (χ0n) is 7.02. The molecule has 0 spiro atoms. The minimum atomic E-state index is -0.931. The first kappa shape index (κ1) is 13.2. The second-order valence-corrected chi connectivity index (χ2v) is 2.35. The molecule has 0 fully saturated rings. The van der Waals surface area contributed by atoms with Gasteiger partial charge in [-0.3, -0.25) is 9.59 Å². The molecular weight excluding hydrogens is 160 g/mol. The minimum absolute atomic E-state index is 0.0208. The quantitative estimate of drug-likeness (QED) is 0.442. The van der Waals surface area contributed by atoms with Gasteiger partial charge in [0.1, 0.15) is 12.1 Å². The highest BCUT2D eigenvalue weighted by Crippen LogP contribution is 1.96. The van der Waals surface area contributed by atoms with Gasteiger partial charge >= 0.3 is 5.97 Å². The molecule has 0 rings (SSSR count). The highest BCUT2D eigenvalue weighted by Gasteiger charge is 2.14. The van der Waals surface area contributed by atoms with E-state index in [0.29, 0.717) is 0 Å². The molecule has 0 unspecified atom stereocenters. The van der Waals surface area contributed by atoms with E-state index >= 15 is 0 Å². The Morgan fingerprint density at radius 1 is 1.67 bits per heavy atom. The maximum Gasteiger partial charge on any atom is 0.320 e. The Hall–Kier alpha value is -1.41. The van der Waals surface area contributed by atoms with Gasteiger partial charge in [-0.1, -0.05) is 13.8 Å². The van der Waals surface area contributed by atoms with Crippen molar-refractivity contribution < 1.29 is 14.7 Å². The van der Waals surface area contributed by atoms with Crippen molar-refractivity contribution in [1.82, 2.24) is 0 Å². The van der Waals surface area contributed by atoms with Crippen LogP contribution in [0.3, 0.4) is 0 Å². The van der Waals surface area contributed by atoms with E-state index in [2.05, 4.69) is 0 Å². The van der Waals surface area contributed by atoms with Crippen LogP contribution in [0, 0.1) is 17.2 Å². The lowest BCUT2D eigenvalue weighted by atomic mass is 10.1. The summed E-state index contributed by atoms with van der Waals surface area (Å²) in [6, 6.07) is 0.537. The largest absolute Gasteiger partial charge is 0.480 e. The molecule has 3 N–H and O–H groups in total. The van der Waals surface area contributed by atoms with Gasteiger partial charge in [-0.05, 0) is 5.92 Å². The third-order valence-corrected chi connectivity index (χ3v) is 1.06. The number of nitrogens with two attached hydrogens (primary N) is 1. The van der Waals surface area contributed by atoms with Gasteiger partial charge in [-0.2, -0.15) is 5.26 Å². The number of carbonyl (C=O) groups is 2. The predicted octanol–water partition coefficient (Wildman–Crippen LogP) is -0.237. The number of aldehydes is 1. The molecule has 0 heterocycles. The fourth-order valence-electron chi connectivity index (χ4n) is 0.285. The maximum atomic E-state index is 10.0. The fourth-order valence-corrected chi connectivity index (χ4v) is 0.285. The van der Waals surface area contributed by atoms with Crippen molar-refractivity contribution in [2.75, 3.05) is 0 Å². The number of rotatable bonds is 2. The van der Waals surface area contributed by atoms with E-state index in [-0.39, 0.29) is 12.2 Å². The minimum Gasteiger partial charge on any atom is -0.480 e. The van der Waals surface area contributed by atoms with Crippen molar-refractivity contribution in [2.45, 2.75) is 19.9 Å². The normalized spacial score (nSPS) is 10.6. The summed E-state index contributed by atoms with van der Waals surface area (Å²) in [5, 5.41) is 15.5. The molecular formula is C7H12N2O3. The van der Waals surface area contributed by atoms with E-state index in [1.54, 1.807) is 13.8 Å². The fraction of sp³-hybridized carbons (Fsp3) is 0.571. The molecule has 0 amide bonds. The van der Waals surface area contributed by atoms with Gasteiger partial charge in [0.2, 0.25) is 6.29 Å². The zero-order valence-corrected chi connectivity index (χ0v) is 7.02. The van der Waals surface area contributed by atoms with Gasteiger partial charge < -0.3 is 10.8 Å². The molecule has 0 saturated carbocycles. The Balaban J connectivity index is 0. The van der Waals surface area contributed by atoms with Crippen molar-refractivity contribution in [1.29, 1.82) is 5.26 Å². The summed E-state index contributed by atoms with van der Waals surface area (Å²) in [7, 11) is 0. The molecule has 0 aliphatic heterocycles. The second-order valence-electron chi connectivity index (χ2n) is 2.35. The number of carboxylic acids is 1. The zero-order chi connectivity index (χ0) is 10.1. The number of hydrogen-bond donors (Lipinski definition) is 2. The van der Waals surface area contributed by atoms with Gasteiger partial charge in [0, 0.05) is 0 Å². The number of nitrogens with zero attached hydrogens (tertiary/aromatic N) is 1. The Morgan fingerprint density at radius 2 is 2.00 bits per heavy atom. The molecule has 0 aliphatic rings. The van der Waals surface area contributed by atoms with E-state index in [0.717, 1.165) is 0 Å². The first-order valence-electron chi connectivity index (χ1n) is 3.29. The molecule has 0 radical (unpaired) electrons. The molecule has 0 aromatic carbocycles. The molecule has 5 heteroatoms. The maximum absolute atomic E-state index is 10.0. The standard InChI is InChI=1S/C5H11NO2.C2HNO/c1-3(2)4(6)5(7)8;3-1-2-4/h3-4H,6H2,1-2H3,(H,7,8);2H/t4-;/m0./s1. The summed E-state index contributed by atoms with van der Waals surface area (Å²) >= 11 is 0. The van der Waals surface area contributed by atoms with Crippen LogP contribution in [0.5, 0.6) is 0 Å². The summed E-state index contributed by atoms with van der Waals surface area (Å²) < 4.78 is 0. The first-order valence-corrected chi connectivity index (χ1v) is 3.29. The van der Waals surface area contributed by atoms with Crippen LogP contribution in [0.4, 0.5) is 0 Å². The van der Waals surface area contributed by atoms with Crippen LogP contribution in [-0.2, 0) is 9.59 Å². The first-order chi connectivity index (χ1) is 5.47. The number of aliphatic carboxylic acids is 1. The molecule has 5 nitrogen and oxygen atoms in total. The smallest absolute Gasteiger partial charge is 0.320 e. The Labute approximate surface area is 70.8 Å². The van der Waals surface area contributed by atoms with Crippen molar-refractivity contribution in [3.63, 3.8) is 0 Å². The number of carboxylic acid groups (broad SMARTS) is 1. The summed E-state index contributed by atoms with van der Waals surface area (Å²) in [5.41, 5.74) is 5.16. The lowest BCUT2D eigenvalue weighted by molar-refractivity contribution is -0.139. The van der Waals surface area contributed by atoms with Crippen LogP contribution in [0.15, 0.2) is 0 Å². The topological polar surface area (TPSA) is 104 Å². The Kier molecular flexibility index (Phi) is 8.46. The molecule has 0 saturated heterocycles. The van der Waals surface area contributed by atoms with Crippen molar-refractivity contribution >= 4 is 12.3 Å². The van der Waals surface area contributed by atoms with Crippen LogP contribution in [0.1, 0.15) is 13.8 Å². The summed E-state index contributed by atoms with van der Waals surface area (Å²) in [6.45, 7) is 3.55. The number of nitriles is 1. The lowest BCUT2D eigenvalue weighted by Gasteiger charge is -2.07. The SMILES string of the molecule is CC(C)[C@H](N)C(=O)O.N#CC=O. The second kappa shape index (κ2) is 7.69. The molecule has 0 aromatic rings. The average molecular weight is 172 g/mol. The van der Waals surface area contributed by atoms with E-state index in [9.17, 15) is 4.79 Å². The summed E-state index contributed by atoms with van der Waals surface area (Å²) in [5.74, 6) is -0.910. The van der Waals surface area contributed by atoms with E-state index in [1.165, 1.54) is 6.07 Å². The molecule has 68 valence electrons. The molecule has 0 aliphatic carbocycles. The Morgan fingerprint density at radius 3 is 2.00 bits per heavy atom. The number of hydrogen-bond acceptors (Lipinski definition) is 4. The van der Waals surface area contributed by atoms with Gasteiger partial charge in [0.25, 0.3) is 0 Å². The average Bonchev–Trinajstić information content (AvgIpc) is 2.03. The third kappa shape index (κ3) is 8.59. The van der Waals surface area contributed by atoms with Crippen LogP contribution in [0.2, 0.25) is 0 Å². The molecule has 0 bridgehead atoms. The molecule has 0 aromatic heterocycles. The van der Waals surface area contributed by atoms with Crippen LogP contribution in [-0.4, -0.2) is 23.4 Å². The van der Waals surface area contributed by atoms with Crippen molar-refractivity contribution in [3.05, 3.63) is 0 Å². The highest BCUT2D eigenvalue weighted by atomic mass is 16.4. The monoisotopic (exact) mass is 172 g/mol. The van der Waals surface area contributed by atoms with Crippen LogP contribution < -0.4 is 5.73 Å². The Bertz CT molecular complexity index is 184. The van der Waals surface area contributed by atoms with Gasteiger partial charge in [0.05, 0.1) is 0 Å². The van der Waals surface area contributed by atoms with E-state index < -0.39 is 12.0 Å². The number of carbonyl (C=O) groups excluding carboxylic acids is 1. The lowest BCUT2D eigenvalue weighted by Crippen LogP contribution is -2.34. The van der Waals surface area contributed by atoms with Gasteiger partial charge in [-0.25, -0.2) is 0 Å². The molecule has 1 atom stereocenters. The van der Waals surface area contributed by atoms with Gasteiger partial charge in [0.15, 0.2) is 0 Å². The van der Waals surface area contributed by atoms with Crippen molar-refractivity contribution in [2.24, 2.45) is 11.7 Å². The van der Waals surface area contributed by atoms with Crippen molar-refractivity contribution in [3.8, 4) is 6.07 Å². The predicted molar refractivity (Wildman–Crippen MR) is 42.1 cm³/mol. The summed E-state index contributed by atoms with van der Waals surface area (Å²) in [4.78, 5) is 18.8. The third-order valence-electron chi connectivity index (χ3n) is 1.06. The highest BCUT2D eigenvalue weighted by molar-refractivity contribution is 5.73. The summed E-state index contributed by atoms with van der Waals surface area (Å²) in [6.07, 6.45) is 0.181. The molecule has 12 heavy (non-hydrogen) atoms. The van der Waals surface area contributed by atoms with E-state index in [1.807, 2.05) is 0 Å². The van der Waals surface area contributed by atoms with Crippen LogP contribution >= 0.6 is 0 Å². The van der Waals surface area contributed by atoms with E-state index in [4.69, 9.17) is 20.9 Å². The van der Waals surface area contributed by atoms with Crippen LogP contribution in [0.25, 0.3) is 0 Å². The van der Waals surface area contributed by atoms with Gasteiger partial charge in [-0.15, -0.1) is 0 Å².